The highest BCUT2D eigenvalue weighted by atomic mass is 16.6. The minimum Gasteiger partial charge on any atom is -0.469 e. The van der Waals surface area contributed by atoms with Crippen molar-refractivity contribution in [2.75, 3.05) is 7.11 Å². The Labute approximate surface area is 189 Å². The monoisotopic (exact) mass is 439 g/mol. The van der Waals surface area contributed by atoms with Crippen molar-refractivity contribution >= 4 is 17.7 Å². The first-order valence-electron chi connectivity index (χ1n) is 12.1. The number of Topliss-reactive ketones (excluding diaryl/α,β-unsaturated/α-hetero) is 1. The summed E-state index contributed by atoms with van der Waals surface area (Å²) < 4.78 is 11.1. The number of carbonyl (C=O) groups excluding carboxylic acids is 3. The Kier molecular flexibility index (Phi) is 4.69. The highest BCUT2D eigenvalue weighted by Crippen LogP contribution is 2.72. The van der Waals surface area contributed by atoms with Crippen molar-refractivity contribution in [2.45, 2.75) is 83.7 Å². The second kappa shape index (κ2) is 6.92. The molecule has 3 saturated carbocycles. The topological polar surface area (TPSA) is 93.5 Å². The minimum absolute atomic E-state index is 0.0517. The smallest absolute Gasteiger partial charge is 0.306 e. The summed E-state index contributed by atoms with van der Waals surface area (Å²) in [5.74, 6) is 0.168. The van der Waals surface area contributed by atoms with Crippen LogP contribution in [0.25, 0.3) is 0 Å². The number of rotatable bonds is 2. The first-order chi connectivity index (χ1) is 15.1. The molecule has 0 aromatic heterocycles. The van der Waals surface area contributed by atoms with Crippen LogP contribution >= 0.6 is 0 Å². The van der Waals surface area contributed by atoms with Crippen molar-refractivity contribution in [1.82, 2.24) is 0 Å². The van der Waals surface area contributed by atoms with Crippen molar-refractivity contribution < 1.29 is 23.9 Å². The molecule has 0 aromatic carbocycles. The molecule has 0 amide bonds. The molecule has 0 N–H and O–H groups in total. The van der Waals surface area contributed by atoms with E-state index in [1.165, 1.54) is 12.7 Å². The van der Waals surface area contributed by atoms with E-state index >= 15 is 0 Å². The number of esters is 2. The van der Waals surface area contributed by atoms with Gasteiger partial charge in [-0.05, 0) is 56.3 Å². The van der Waals surface area contributed by atoms with E-state index in [9.17, 15) is 19.6 Å². The second-order valence-corrected chi connectivity index (χ2v) is 11.4. The Hall–Kier alpha value is -2.16. The lowest BCUT2D eigenvalue weighted by Crippen LogP contribution is -2.58. The molecule has 7 atom stereocenters. The van der Waals surface area contributed by atoms with Gasteiger partial charge in [-0.1, -0.05) is 25.5 Å². The van der Waals surface area contributed by atoms with Gasteiger partial charge in [0.1, 0.15) is 11.4 Å². The van der Waals surface area contributed by atoms with E-state index in [2.05, 4.69) is 26.0 Å². The molecular formula is C26H33NO5. The summed E-state index contributed by atoms with van der Waals surface area (Å²) in [7, 11) is 1.41. The predicted octanol–water partition coefficient (Wildman–Crippen LogP) is 4.28. The molecule has 1 spiro atoms. The molecule has 32 heavy (non-hydrogen) atoms. The number of nitriles is 1. The molecule has 4 fully saturated rings. The van der Waals surface area contributed by atoms with Gasteiger partial charge >= 0.3 is 11.9 Å². The third-order valence-electron chi connectivity index (χ3n) is 10.4. The van der Waals surface area contributed by atoms with E-state index in [4.69, 9.17) is 9.47 Å². The van der Waals surface area contributed by atoms with Crippen LogP contribution in [0, 0.1) is 45.3 Å². The fourth-order valence-electron chi connectivity index (χ4n) is 8.54. The van der Waals surface area contributed by atoms with Crippen LogP contribution in [0.15, 0.2) is 11.6 Å². The highest BCUT2D eigenvalue weighted by molar-refractivity contribution is 5.81. The maximum absolute atomic E-state index is 12.5. The first-order valence-corrected chi connectivity index (χ1v) is 12.1. The van der Waals surface area contributed by atoms with Crippen molar-refractivity contribution in [3.8, 4) is 6.07 Å². The minimum atomic E-state index is -0.771. The number of methoxy groups -OCH3 is 1. The summed E-state index contributed by atoms with van der Waals surface area (Å²) in [6, 6.07) is 2.59. The fraction of sp³-hybridized carbons (Fsp3) is 0.769. The zero-order valence-corrected chi connectivity index (χ0v) is 19.4. The van der Waals surface area contributed by atoms with Crippen molar-refractivity contribution in [3.63, 3.8) is 0 Å². The van der Waals surface area contributed by atoms with Crippen LogP contribution < -0.4 is 0 Å². The molecule has 6 heteroatoms. The molecule has 5 aliphatic rings. The fourth-order valence-corrected chi connectivity index (χ4v) is 8.54. The average Bonchev–Trinajstić information content (AvgIpc) is 3.29. The number of ether oxygens (including phenoxy) is 2. The molecule has 4 aliphatic carbocycles. The van der Waals surface area contributed by atoms with Gasteiger partial charge in [0, 0.05) is 36.5 Å². The van der Waals surface area contributed by atoms with E-state index in [1.807, 2.05) is 0 Å². The van der Waals surface area contributed by atoms with Crippen LogP contribution in [0.5, 0.6) is 0 Å². The van der Waals surface area contributed by atoms with Gasteiger partial charge in [-0.3, -0.25) is 14.4 Å². The molecule has 0 radical (unpaired) electrons. The normalized spacial score (nSPS) is 47.1. The van der Waals surface area contributed by atoms with Gasteiger partial charge in [0.25, 0.3) is 0 Å². The summed E-state index contributed by atoms with van der Waals surface area (Å²) >= 11 is 0. The Balaban J connectivity index is 1.63. The molecule has 172 valence electrons. The number of fused-ring (bicyclic) bond motifs is 6. The standard InChI is InChI=1S/C26H33NO5/c1-23-8-4-17(28)14-25(23,15-27)13-16(12-21(30)31-3)22-18(23)5-9-24(2)19(22)6-10-26(24)11-7-20(29)32-26/h5,16,19,22H,4,6-14H2,1-3H3/t16-,19?,22?,23-,24+,25-,26-/m1/s1. The Morgan fingerprint density at radius 2 is 2.03 bits per heavy atom. The third-order valence-corrected chi connectivity index (χ3v) is 10.4. The Bertz CT molecular complexity index is 964. The molecule has 6 nitrogen and oxygen atoms in total. The van der Waals surface area contributed by atoms with Crippen LogP contribution in [-0.2, 0) is 23.9 Å². The van der Waals surface area contributed by atoms with E-state index in [0.717, 1.165) is 25.7 Å². The van der Waals surface area contributed by atoms with E-state index in [-0.39, 0.29) is 59.1 Å². The quantitative estimate of drug-likeness (QED) is 0.471. The summed E-state index contributed by atoms with van der Waals surface area (Å²) in [6.07, 6.45) is 8.46. The molecule has 5 rings (SSSR count). The summed E-state index contributed by atoms with van der Waals surface area (Å²) in [5.41, 5.74) is -0.450. The molecule has 0 aromatic rings. The number of hydrogen-bond donors (Lipinski definition) is 0. The van der Waals surface area contributed by atoms with Crippen molar-refractivity contribution in [2.24, 2.45) is 34.0 Å². The second-order valence-electron chi connectivity index (χ2n) is 11.4. The maximum Gasteiger partial charge on any atom is 0.306 e. The van der Waals surface area contributed by atoms with E-state index in [0.29, 0.717) is 25.7 Å². The summed E-state index contributed by atoms with van der Waals surface area (Å²) in [5, 5.41) is 10.4. The molecule has 0 bridgehead atoms. The third kappa shape index (κ3) is 2.60. The average molecular weight is 440 g/mol. The lowest BCUT2D eigenvalue weighted by atomic mass is 9.41. The van der Waals surface area contributed by atoms with E-state index in [1.54, 1.807) is 0 Å². The number of carbonyl (C=O) groups is 3. The van der Waals surface area contributed by atoms with Gasteiger partial charge in [-0.2, -0.15) is 5.26 Å². The molecule has 1 heterocycles. The largest absolute Gasteiger partial charge is 0.469 e. The van der Waals surface area contributed by atoms with Gasteiger partial charge in [0.2, 0.25) is 0 Å². The predicted molar refractivity (Wildman–Crippen MR) is 115 cm³/mol. The van der Waals surface area contributed by atoms with Gasteiger partial charge in [-0.15, -0.1) is 0 Å². The number of ketones is 1. The van der Waals surface area contributed by atoms with Gasteiger partial charge in [0.05, 0.1) is 18.6 Å². The molecule has 2 unspecified atom stereocenters. The van der Waals surface area contributed by atoms with Gasteiger partial charge in [0.15, 0.2) is 0 Å². The van der Waals surface area contributed by atoms with Crippen LogP contribution in [-0.4, -0.2) is 30.4 Å². The van der Waals surface area contributed by atoms with Crippen LogP contribution in [0.1, 0.15) is 78.1 Å². The molecular weight excluding hydrogens is 406 g/mol. The summed E-state index contributed by atoms with van der Waals surface area (Å²) in [4.78, 5) is 37.1. The highest BCUT2D eigenvalue weighted by Gasteiger charge is 2.69. The SMILES string of the molecule is COC(=O)C[C@@H]1C[C@]2(C#N)CC(=O)CC[C@]2(C)C2=CC[C@@]3(C)C(CC[C@@]34CCC(=O)O4)C21. The zero-order chi connectivity index (χ0) is 22.9. The Morgan fingerprint density at radius 3 is 2.69 bits per heavy atom. The lowest BCUT2D eigenvalue weighted by Gasteiger charge is -2.61. The van der Waals surface area contributed by atoms with Crippen LogP contribution in [0.4, 0.5) is 0 Å². The van der Waals surface area contributed by atoms with Crippen LogP contribution in [0.2, 0.25) is 0 Å². The van der Waals surface area contributed by atoms with Crippen molar-refractivity contribution in [3.05, 3.63) is 11.6 Å². The lowest BCUT2D eigenvalue weighted by molar-refractivity contribution is -0.162. The zero-order valence-electron chi connectivity index (χ0n) is 19.4. The molecule has 1 saturated heterocycles. The molecule has 1 aliphatic heterocycles. The van der Waals surface area contributed by atoms with Crippen LogP contribution in [0.3, 0.4) is 0 Å². The van der Waals surface area contributed by atoms with Crippen molar-refractivity contribution in [1.29, 1.82) is 5.26 Å². The van der Waals surface area contributed by atoms with Gasteiger partial charge in [-0.25, -0.2) is 0 Å². The first kappa shape index (κ1) is 21.7. The Morgan fingerprint density at radius 1 is 1.25 bits per heavy atom. The van der Waals surface area contributed by atoms with Gasteiger partial charge < -0.3 is 9.47 Å². The summed E-state index contributed by atoms with van der Waals surface area (Å²) in [6.45, 7) is 4.45. The number of hydrogen-bond acceptors (Lipinski definition) is 6. The number of allylic oxidation sites excluding steroid dienone is 2. The van der Waals surface area contributed by atoms with E-state index < -0.39 is 11.0 Å². The maximum atomic E-state index is 12.5. The number of nitrogens with zero attached hydrogens (tertiary/aromatic N) is 1.